The van der Waals surface area contributed by atoms with E-state index in [1.54, 1.807) is 42.5 Å². The number of carbonyl (C=O) groups excluding carboxylic acids is 1. The van der Waals surface area contributed by atoms with Crippen molar-refractivity contribution >= 4 is 55.3 Å². The van der Waals surface area contributed by atoms with Crippen LogP contribution in [0.3, 0.4) is 0 Å². The Hall–Kier alpha value is -2.06. The highest BCUT2D eigenvalue weighted by Gasteiger charge is 2.31. The molecule has 1 aliphatic carbocycles. The second-order valence-electron chi connectivity index (χ2n) is 7.10. The molecule has 3 aromatic rings. The largest absolute Gasteiger partial charge is 0.482 e. The van der Waals surface area contributed by atoms with Crippen molar-refractivity contribution in [3.8, 4) is 5.75 Å². The zero-order chi connectivity index (χ0) is 22.0. The number of nitrogens with one attached hydrogen (secondary N) is 1. The van der Waals surface area contributed by atoms with Gasteiger partial charge in [-0.05, 0) is 61.6 Å². The van der Waals surface area contributed by atoms with Crippen LogP contribution in [0.15, 0.2) is 58.3 Å². The Balaban J connectivity index is 1.61. The van der Waals surface area contributed by atoms with E-state index in [2.05, 4.69) is 5.32 Å². The van der Waals surface area contributed by atoms with Gasteiger partial charge in [-0.2, -0.15) is 0 Å². The predicted octanol–water partition coefficient (Wildman–Crippen LogP) is 5.78. The first-order valence-electron chi connectivity index (χ1n) is 9.68. The third-order valence-electron chi connectivity index (χ3n) is 4.95. The average molecular weight is 496 g/mol. The number of carbonyl (C=O) groups is 1. The Morgan fingerprint density at radius 2 is 1.81 bits per heavy atom. The van der Waals surface area contributed by atoms with Crippen LogP contribution < -0.4 is 10.1 Å². The molecule has 2 aromatic carbocycles. The highest BCUT2D eigenvalue weighted by molar-refractivity contribution is 7.92. The molecule has 31 heavy (non-hydrogen) atoms. The fraction of sp³-hybridized carbons (Fsp3) is 0.227. The number of thiophene rings is 1. The van der Waals surface area contributed by atoms with E-state index >= 15 is 0 Å². The molecule has 1 N–H and O–H groups in total. The molecule has 0 atom stereocenters. The van der Waals surface area contributed by atoms with Crippen molar-refractivity contribution < 1.29 is 17.9 Å². The summed E-state index contributed by atoms with van der Waals surface area (Å²) in [5.74, 6) is -0.141. The molecule has 1 aromatic heterocycles. The number of ether oxygens (including phenoxy) is 1. The van der Waals surface area contributed by atoms with E-state index in [1.165, 1.54) is 17.4 Å². The molecule has 0 unspecified atom stereocenters. The third-order valence-corrected chi connectivity index (χ3v) is 8.70. The monoisotopic (exact) mass is 495 g/mol. The van der Waals surface area contributed by atoms with Crippen molar-refractivity contribution in [2.75, 3.05) is 11.9 Å². The molecule has 4 rings (SSSR count). The highest BCUT2D eigenvalue weighted by Crippen LogP contribution is 2.43. The second kappa shape index (κ2) is 9.20. The Kier molecular flexibility index (Phi) is 6.57. The van der Waals surface area contributed by atoms with Gasteiger partial charge in [0.05, 0.1) is 9.92 Å². The molecule has 162 valence electrons. The molecule has 0 bridgehead atoms. The smallest absolute Gasteiger partial charge is 0.262 e. The molecule has 1 aliphatic rings. The lowest BCUT2D eigenvalue weighted by Gasteiger charge is -2.14. The molecule has 9 heteroatoms. The summed E-state index contributed by atoms with van der Waals surface area (Å²) in [5, 5.41) is 3.84. The van der Waals surface area contributed by atoms with Crippen LogP contribution in [-0.2, 0) is 27.5 Å². The van der Waals surface area contributed by atoms with Gasteiger partial charge in [0, 0.05) is 9.90 Å². The molecule has 0 radical (unpaired) electrons. The second-order valence-corrected chi connectivity index (χ2v) is 10.9. The fourth-order valence-electron chi connectivity index (χ4n) is 3.52. The number of halogens is 2. The van der Waals surface area contributed by atoms with Crippen LogP contribution in [0.5, 0.6) is 5.75 Å². The Labute approximate surface area is 194 Å². The summed E-state index contributed by atoms with van der Waals surface area (Å²) in [6.45, 7) is -0.311. The molecule has 1 amide bonds. The van der Waals surface area contributed by atoms with Crippen LogP contribution in [0.2, 0.25) is 10.0 Å². The van der Waals surface area contributed by atoms with E-state index in [0.29, 0.717) is 27.2 Å². The van der Waals surface area contributed by atoms with Crippen molar-refractivity contribution in [1.82, 2.24) is 0 Å². The van der Waals surface area contributed by atoms with Gasteiger partial charge in [-0.3, -0.25) is 4.79 Å². The van der Waals surface area contributed by atoms with Gasteiger partial charge in [0.25, 0.3) is 5.91 Å². The van der Waals surface area contributed by atoms with Crippen molar-refractivity contribution in [3.05, 3.63) is 69.0 Å². The van der Waals surface area contributed by atoms with Gasteiger partial charge >= 0.3 is 0 Å². The van der Waals surface area contributed by atoms with Gasteiger partial charge in [0.2, 0.25) is 9.84 Å². The average Bonchev–Trinajstić information content (AvgIpc) is 3.12. The maximum Gasteiger partial charge on any atom is 0.262 e. The quantitative estimate of drug-likeness (QED) is 0.469. The van der Waals surface area contributed by atoms with Crippen molar-refractivity contribution in [1.29, 1.82) is 0 Å². The van der Waals surface area contributed by atoms with Gasteiger partial charge in [0.1, 0.15) is 15.6 Å². The van der Waals surface area contributed by atoms with E-state index in [1.807, 2.05) is 0 Å². The summed E-state index contributed by atoms with van der Waals surface area (Å²) in [7, 11) is -3.77. The highest BCUT2D eigenvalue weighted by atomic mass is 35.5. The van der Waals surface area contributed by atoms with Crippen molar-refractivity contribution in [2.24, 2.45) is 0 Å². The van der Waals surface area contributed by atoms with Crippen LogP contribution in [0, 0.1) is 0 Å². The van der Waals surface area contributed by atoms with Gasteiger partial charge in [-0.25, -0.2) is 8.42 Å². The summed E-state index contributed by atoms with van der Waals surface area (Å²) >= 11 is 13.3. The van der Waals surface area contributed by atoms with Crippen LogP contribution in [-0.4, -0.2) is 20.9 Å². The van der Waals surface area contributed by atoms with Gasteiger partial charge in [0.15, 0.2) is 6.61 Å². The van der Waals surface area contributed by atoms with Crippen molar-refractivity contribution in [2.45, 2.75) is 35.5 Å². The minimum Gasteiger partial charge on any atom is -0.482 e. The number of benzene rings is 2. The standard InChI is InChI=1S/C22H19Cl2NO4S2/c23-14-10-11-18(17(24)12-14)29-13-20(26)25-22-21(16-8-4-5-9-19(16)30-22)31(27,28)15-6-2-1-3-7-15/h1-3,6-7,10-12H,4-5,8-9,13H2,(H,25,26). The normalized spacial score (nSPS) is 13.5. The van der Waals surface area contributed by atoms with Crippen LogP contribution in [0.4, 0.5) is 5.00 Å². The maximum absolute atomic E-state index is 13.4. The summed E-state index contributed by atoms with van der Waals surface area (Å²) < 4.78 is 32.3. The lowest BCUT2D eigenvalue weighted by molar-refractivity contribution is -0.118. The Bertz CT molecular complexity index is 1220. The number of sulfone groups is 1. The fourth-order valence-corrected chi connectivity index (χ4v) is 7.30. The number of rotatable bonds is 6. The molecule has 0 aliphatic heterocycles. The van der Waals surface area contributed by atoms with E-state index in [-0.39, 0.29) is 16.4 Å². The summed E-state index contributed by atoms with van der Waals surface area (Å²) in [5.41, 5.74) is 0.817. The first-order chi connectivity index (χ1) is 14.9. The Morgan fingerprint density at radius 1 is 1.06 bits per heavy atom. The molecule has 1 heterocycles. The summed E-state index contributed by atoms with van der Waals surface area (Å²) in [6, 6.07) is 13.0. The molecular weight excluding hydrogens is 477 g/mol. The molecule has 5 nitrogen and oxygen atoms in total. The van der Waals surface area contributed by atoms with Crippen LogP contribution in [0.1, 0.15) is 23.3 Å². The van der Waals surface area contributed by atoms with Gasteiger partial charge < -0.3 is 10.1 Å². The first-order valence-corrected chi connectivity index (χ1v) is 12.7. The maximum atomic E-state index is 13.4. The van der Waals surface area contributed by atoms with E-state index in [9.17, 15) is 13.2 Å². The minimum absolute atomic E-state index is 0.205. The number of hydrogen-bond donors (Lipinski definition) is 1. The summed E-state index contributed by atoms with van der Waals surface area (Å²) in [6.07, 6.45) is 3.42. The molecule has 0 spiro atoms. The number of aryl methyl sites for hydroxylation is 1. The van der Waals surface area contributed by atoms with Crippen LogP contribution >= 0.6 is 34.5 Å². The third kappa shape index (κ3) is 4.75. The summed E-state index contributed by atoms with van der Waals surface area (Å²) in [4.78, 5) is 14.0. The van der Waals surface area contributed by atoms with Crippen LogP contribution in [0.25, 0.3) is 0 Å². The van der Waals surface area contributed by atoms with Gasteiger partial charge in [-0.15, -0.1) is 11.3 Å². The van der Waals surface area contributed by atoms with E-state index in [4.69, 9.17) is 27.9 Å². The Morgan fingerprint density at radius 3 is 2.55 bits per heavy atom. The lowest BCUT2D eigenvalue weighted by Crippen LogP contribution is -2.21. The number of fused-ring (bicyclic) bond motifs is 1. The molecular formula is C22H19Cl2NO4S2. The number of amides is 1. The zero-order valence-electron chi connectivity index (χ0n) is 16.4. The number of anilines is 1. The van der Waals surface area contributed by atoms with Crippen molar-refractivity contribution in [3.63, 3.8) is 0 Å². The molecule has 0 fully saturated rings. The topological polar surface area (TPSA) is 72.5 Å². The molecule has 0 saturated carbocycles. The van der Waals surface area contributed by atoms with E-state index in [0.717, 1.165) is 29.7 Å². The number of hydrogen-bond acceptors (Lipinski definition) is 5. The molecule has 0 saturated heterocycles. The SMILES string of the molecule is O=C(COc1ccc(Cl)cc1Cl)Nc1sc2c(c1S(=O)(=O)c1ccccc1)CCCC2. The van der Waals surface area contributed by atoms with E-state index < -0.39 is 15.7 Å². The minimum atomic E-state index is -3.77. The predicted molar refractivity (Wildman–Crippen MR) is 123 cm³/mol. The lowest BCUT2D eigenvalue weighted by atomic mass is 9.99. The zero-order valence-corrected chi connectivity index (χ0v) is 19.5. The first kappa shape index (κ1) is 22.1. The van der Waals surface area contributed by atoms with Gasteiger partial charge in [-0.1, -0.05) is 41.4 Å².